The number of fused-ring (bicyclic) bond motifs is 1. The smallest absolute Gasteiger partial charge is 0.416 e. The first kappa shape index (κ1) is 32.0. The molecule has 5 aromatic rings. The second-order valence-corrected chi connectivity index (χ2v) is 11.7. The van der Waals surface area contributed by atoms with Crippen molar-refractivity contribution in [3.05, 3.63) is 119 Å². The highest BCUT2D eigenvalue weighted by Gasteiger charge is 2.31. The number of para-hydroxylation sites is 1. The van der Waals surface area contributed by atoms with Gasteiger partial charge in [0.05, 0.1) is 33.8 Å². The average molecular weight is 770 g/mol. The van der Waals surface area contributed by atoms with E-state index in [1.165, 1.54) is 18.3 Å². The third kappa shape index (κ3) is 6.81. The highest BCUT2D eigenvalue weighted by atomic mass is 79.9. The lowest BCUT2D eigenvalue weighted by molar-refractivity contribution is -0.137. The fourth-order valence-electron chi connectivity index (χ4n) is 4.26. The molecular formula is C31H20Br2Cl2F3N3O3. The summed E-state index contributed by atoms with van der Waals surface area (Å²) in [4.78, 5) is 18.1. The highest BCUT2D eigenvalue weighted by Crippen LogP contribution is 2.43. The number of nitrogens with zero attached hydrogens (tertiary/aromatic N) is 3. The summed E-state index contributed by atoms with van der Waals surface area (Å²) in [5.74, 6) is 0.698. The van der Waals surface area contributed by atoms with Crippen LogP contribution in [0.5, 0.6) is 11.5 Å². The Morgan fingerprint density at radius 1 is 0.977 bits per heavy atom. The fraction of sp³-hybridized carbons (Fsp3) is 0.129. The van der Waals surface area contributed by atoms with Crippen LogP contribution in [0.25, 0.3) is 22.3 Å². The van der Waals surface area contributed by atoms with Crippen molar-refractivity contribution >= 4 is 72.2 Å². The Hall–Kier alpha value is -3.38. The van der Waals surface area contributed by atoms with E-state index >= 15 is 0 Å². The molecule has 0 aliphatic rings. The molecule has 4 aromatic carbocycles. The van der Waals surface area contributed by atoms with E-state index in [2.05, 4.69) is 41.9 Å². The van der Waals surface area contributed by atoms with E-state index in [1.54, 1.807) is 48.5 Å². The monoisotopic (exact) mass is 767 g/mol. The topological polar surface area (TPSA) is 65.7 Å². The van der Waals surface area contributed by atoms with Crippen LogP contribution < -0.4 is 15.0 Å². The Labute approximate surface area is 276 Å². The van der Waals surface area contributed by atoms with E-state index in [0.29, 0.717) is 53.7 Å². The number of hydrogen-bond donors (Lipinski definition) is 0. The molecule has 0 bridgehead atoms. The second kappa shape index (κ2) is 13.3. The number of ether oxygens (including phenoxy) is 2. The molecule has 44 heavy (non-hydrogen) atoms. The minimum atomic E-state index is -4.59. The number of benzene rings is 4. The molecule has 6 nitrogen and oxygen atoms in total. The number of halogens is 7. The van der Waals surface area contributed by atoms with Crippen molar-refractivity contribution in [3.63, 3.8) is 0 Å². The van der Waals surface area contributed by atoms with Gasteiger partial charge in [0, 0.05) is 31.2 Å². The van der Waals surface area contributed by atoms with Crippen molar-refractivity contribution in [2.45, 2.75) is 19.7 Å². The zero-order valence-corrected chi connectivity index (χ0v) is 27.3. The molecule has 0 aliphatic carbocycles. The number of aromatic nitrogens is 2. The predicted octanol–water partition coefficient (Wildman–Crippen LogP) is 9.77. The van der Waals surface area contributed by atoms with Crippen LogP contribution >= 0.6 is 55.1 Å². The maximum atomic E-state index is 13.6. The zero-order chi connectivity index (χ0) is 31.6. The molecule has 0 spiro atoms. The fourth-order valence-corrected chi connectivity index (χ4v) is 5.66. The Bertz CT molecular complexity index is 1970. The maximum Gasteiger partial charge on any atom is 0.416 e. The summed E-state index contributed by atoms with van der Waals surface area (Å²) in [5, 5.41) is 5.59. The van der Waals surface area contributed by atoms with E-state index < -0.39 is 17.3 Å². The van der Waals surface area contributed by atoms with E-state index in [-0.39, 0.29) is 23.4 Å². The quantitative estimate of drug-likeness (QED) is 0.148. The predicted molar refractivity (Wildman–Crippen MR) is 173 cm³/mol. The van der Waals surface area contributed by atoms with Gasteiger partial charge in [0.25, 0.3) is 5.56 Å². The lowest BCUT2D eigenvalue weighted by Gasteiger charge is -2.17. The molecule has 13 heteroatoms. The lowest BCUT2D eigenvalue weighted by Crippen LogP contribution is -2.20. The van der Waals surface area contributed by atoms with Gasteiger partial charge in [0.15, 0.2) is 17.3 Å². The minimum Gasteiger partial charge on any atom is -0.490 e. The van der Waals surface area contributed by atoms with Gasteiger partial charge in [-0.3, -0.25) is 4.79 Å². The molecule has 5 rings (SSSR count). The van der Waals surface area contributed by atoms with Gasteiger partial charge in [0.2, 0.25) is 0 Å². The molecule has 0 unspecified atom stereocenters. The number of rotatable bonds is 8. The van der Waals surface area contributed by atoms with Crippen molar-refractivity contribution < 1.29 is 22.6 Å². The molecule has 1 heterocycles. The second-order valence-electron chi connectivity index (χ2n) is 9.27. The van der Waals surface area contributed by atoms with Gasteiger partial charge in [-0.2, -0.15) is 22.9 Å². The molecule has 0 amide bonds. The highest BCUT2D eigenvalue weighted by molar-refractivity contribution is 9.13. The van der Waals surface area contributed by atoms with Gasteiger partial charge in [-0.25, -0.2) is 4.98 Å². The van der Waals surface area contributed by atoms with Crippen molar-refractivity contribution in [2.75, 3.05) is 6.61 Å². The summed E-state index contributed by atoms with van der Waals surface area (Å²) in [7, 11) is 0. The van der Waals surface area contributed by atoms with Crippen LogP contribution in [0.4, 0.5) is 13.2 Å². The first-order chi connectivity index (χ1) is 21.0. The Morgan fingerprint density at radius 3 is 2.48 bits per heavy atom. The molecule has 0 atom stereocenters. The first-order valence-electron chi connectivity index (χ1n) is 12.9. The Morgan fingerprint density at radius 2 is 1.75 bits per heavy atom. The standard InChI is InChI=1S/C31H20Br2Cl2F3N3O3/c1-2-43-25-13-19(26(32)27(33)28(25)44-16-18-10-11-21(34)14-23(18)35)15-39-41-29(17-6-5-7-20(12-17)31(36,37)38)40-24-9-4-3-8-22(24)30(41)42/h3-15H,2,16H2,1H3. The third-order valence-corrected chi connectivity index (χ3v) is 9.09. The van der Waals surface area contributed by atoms with Crippen molar-refractivity contribution in [3.8, 4) is 22.9 Å². The molecule has 0 saturated heterocycles. The van der Waals surface area contributed by atoms with Crippen LogP contribution in [0.3, 0.4) is 0 Å². The van der Waals surface area contributed by atoms with Crippen LogP contribution in [-0.4, -0.2) is 22.5 Å². The summed E-state index contributed by atoms with van der Waals surface area (Å²) >= 11 is 19.4. The summed E-state index contributed by atoms with van der Waals surface area (Å²) < 4.78 is 54.5. The maximum absolute atomic E-state index is 13.6. The largest absolute Gasteiger partial charge is 0.490 e. The normalized spacial score (nSPS) is 11.8. The van der Waals surface area contributed by atoms with Crippen LogP contribution in [0.1, 0.15) is 23.6 Å². The summed E-state index contributed by atoms with van der Waals surface area (Å²) in [5.41, 5.74) is 0.140. The Balaban J connectivity index is 1.59. The molecular weight excluding hydrogens is 750 g/mol. The van der Waals surface area contributed by atoms with Crippen LogP contribution in [0, 0.1) is 0 Å². The molecule has 226 valence electrons. The van der Waals surface area contributed by atoms with Gasteiger partial charge in [-0.05, 0) is 81.2 Å². The summed E-state index contributed by atoms with van der Waals surface area (Å²) in [6.45, 7) is 2.24. The number of alkyl halides is 3. The van der Waals surface area contributed by atoms with Crippen LogP contribution in [0.15, 0.2) is 91.6 Å². The van der Waals surface area contributed by atoms with E-state index in [4.69, 9.17) is 32.7 Å². The van der Waals surface area contributed by atoms with Gasteiger partial charge in [0.1, 0.15) is 6.61 Å². The summed E-state index contributed by atoms with van der Waals surface area (Å²) in [6.07, 6.45) is -3.21. The van der Waals surface area contributed by atoms with Crippen LogP contribution in [0.2, 0.25) is 10.0 Å². The van der Waals surface area contributed by atoms with Gasteiger partial charge >= 0.3 is 6.18 Å². The third-order valence-electron chi connectivity index (χ3n) is 6.36. The van der Waals surface area contributed by atoms with Gasteiger partial charge in [-0.1, -0.05) is 53.5 Å². The van der Waals surface area contributed by atoms with E-state index in [9.17, 15) is 18.0 Å². The number of hydrogen-bond acceptors (Lipinski definition) is 5. The Kier molecular flexibility index (Phi) is 9.69. The van der Waals surface area contributed by atoms with Crippen molar-refractivity contribution in [1.29, 1.82) is 0 Å². The minimum absolute atomic E-state index is 0.0592. The van der Waals surface area contributed by atoms with Crippen molar-refractivity contribution in [1.82, 2.24) is 9.66 Å². The molecule has 0 saturated carbocycles. The molecule has 0 fully saturated rings. The summed E-state index contributed by atoms with van der Waals surface area (Å²) in [6, 6.07) is 17.9. The van der Waals surface area contributed by atoms with Crippen molar-refractivity contribution in [2.24, 2.45) is 5.10 Å². The molecule has 0 aliphatic heterocycles. The molecule has 1 aromatic heterocycles. The average Bonchev–Trinajstić information content (AvgIpc) is 2.99. The van der Waals surface area contributed by atoms with Crippen LogP contribution in [-0.2, 0) is 12.8 Å². The van der Waals surface area contributed by atoms with Gasteiger partial charge in [-0.15, -0.1) is 0 Å². The van der Waals surface area contributed by atoms with E-state index in [0.717, 1.165) is 16.8 Å². The lowest BCUT2D eigenvalue weighted by atomic mass is 10.1. The first-order valence-corrected chi connectivity index (χ1v) is 15.3. The van der Waals surface area contributed by atoms with E-state index in [1.807, 2.05) is 6.92 Å². The zero-order valence-electron chi connectivity index (χ0n) is 22.6. The molecule has 0 radical (unpaired) electrons. The SMILES string of the molecule is CCOc1cc(C=Nn2c(-c3cccc(C(F)(F)F)c3)nc3ccccc3c2=O)c(Br)c(Br)c1OCc1ccc(Cl)cc1Cl. The molecule has 0 N–H and O–H groups in total. The van der Waals surface area contributed by atoms with Gasteiger partial charge < -0.3 is 9.47 Å².